The minimum absolute atomic E-state index is 0.0884. The number of para-hydroxylation sites is 1. The largest absolute Gasteiger partial charge is 0.457 e. The summed E-state index contributed by atoms with van der Waals surface area (Å²) in [6.45, 7) is 1.45. The molecule has 0 amide bonds. The van der Waals surface area contributed by atoms with Gasteiger partial charge in [-0.2, -0.15) is 4.98 Å². The van der Waals surface area contributed by atoms with Crippen LogP contribution in [-0.2, 0) is 0 Å². The average Bonchev–Trinajstić information content (AvgIpc) is 3.24. The fourth-order valence-electron chi connectivity index (χ4n) is 3.67. The summed E-state index contributed by atoms with van der Waals surface area (Å²) in [6.07, 6.45) is 2.47. The van der Waals surface area contributed by atoms with Crippen LogP contribution in [0.5, 0.6) is 11.5 Å². The number of benzene rings is 2. The number of ether oxygens (including phenoxy) is 1. The van der Waals surface area contributed by atoms with Gasteiger partial charge in [-0.05, 0) is 58.7 Å². The molecule has 0 radical (unpaired) electrons. The van der Waals surface area contributed by atoms with Gasteiger partial charge in [0, 0.05) is 31.0 Å². The number of nitrogens with two attached hydrogens (primary N) is 1. The maximum absolute atomic E-state index is 12.6. The highest BCUT2D eigenvalue weighted by Gasteiger charge is 2.24. The van der Waals surface area contributed by atoms with E-state index >= 15 is 0 Å². The molecule has 2 aromatic heterocycles. The Kier molecular flexibility index (Phi) is 5.50. The number of H-pyrrole nitrogens is 1. The standard InChI is InChI=1S/C23H21BrN6O2/c24-18-12-26-22(31)19-20(18)28-23(30-11-10-14(25)13-30)29-21(19)27-15-6-8-17(9-7-15)32-16-4-2-1-3-5-16/h1-9,12,14H,10-11,13,25H2,(H,26,31)(H,27,28,29). The number of hydrogen-bond donors (Lipinski definition) is 3. The van der Waals surface area contributed by atoms with Gasteiger partial charge in [0.05, 0.1) is 9.99 Å². The Hall–Kier alpha value is -3.43. The summed E-state index contributed by atoms with van der Waals surface area (Å²) in [5.74, 6) is 2.45. The minimum Gasteiger partial charge on any atom is -0.457 e. The molecule has 0 aliphatic carbocycles. The first-order valence-corrected chi connectivity index (χ1v) is 11.1. The smallest absolute Gasteiger partial charge is 0.261 e. The van der Waals surface area contributed by atoms with Crippen LogP contribution >= 0.6 is 15.9 Å². The van der Waals surface area contributed by atoms with E-state index in [0.717, 1.165) is 24.4 Å². The van der Waals surface area contributed by atoms with Gasteiger partial charge in [-0.15, -0.1) is 0 Å². The highest BCUT2D eigenvalue weighted by molar-refractivity contribution is 9.10. The summed E-state index contributed by atoms with van der Waals surface area (Å²) in [6, 6.07) is 17.1. The van der Waals surface area contributed by atoms with E-state index in [-0.39, 0.29) is 11.6 Å². The predicted octanol–water partition coefficient (Wildman–Crippen LogP) is 4.15. The molecule has 32 heavy (non-hydrogen) atoms. The van der Waals surface area contributed by atoms with Gasteiger partial charge < -0.3 is 25.7 Å². The quantitative estimate of drug-likeness (QED) is 0.383. The van der Waals surface area contributed by atoms with Crippen molar-refractivity contribution < 1.29 is 4.74 Å². The first-order chi connectivity index (χ1) is 15.6. The van der Waals surface area contributed by atoms with Gasteiger partial charge in [0.25, 0.3) is 5.56 Å². The number of pyridine rings is 1. The van der Waals surface area contributed by atoms with Crippen molar-refractivity contribution in [1.82, 2.24) is 15.0 Å². The number of rotatable bonds is 5. The summed E-state index contributed by atoms with van der Waals surface area (Å²) >= 11 is 3.50. The van der Waals surface area contributed by atoms with Crippen LogP contribution in [0.3, 0.4) is 0 Å². The predicted molar refractivity (Wildman–Crippen MR) is 129 cm³/mol. The number of anilines is 3. The van der Waals surface area contributed by atoms with Crippen LogP contribution in [0.4, 0.5) is 17.5 Å². The fourth-order valence-corrected chi connectivity index (χ4v) is 4.08. The topological polar surface area (TPSA) is 109 Å². The fraction of sp³-hybridized carbons (Fsp3) is 0.174. The highest BCUT2D eigenvalue weighted by atomic mass is 79.9. The van der Waals surface area contributed by atoms with Gasteiger partial charge >= 0.3 is 0 Å². The molecule has 4 N–H and O–H groups in total. The van der Waals surface area contributed by atoms with E-state index in [1.165, 1.54) is 0 Å². The van der Waals surface area contributed by atoms with Gasteiger partial charge in [0.2, 0.25) is 5.95 Å². The second-order valence-corrected chi connectivity index (χ2v) is 8.48. The van der Waals surface area contributed by atoms with Crippen molar-refractivity contribution in [2.24, 2.45) is 5.73 Å². The summed E-state index contributed by atoms with van der Waals surface area (Å²) in [7, 11) is 0. The maximum atomic E-state index is 12.6. The SMILES string of the molecule is NC1CCN(c2nc(Nc3ccc(Oc4ccccc4)cc3)c3c(=O)[nH]cc(Br)c3n2)C1. The third-order valence-electron chi connectivity index (χ3n) is 5.28. The highest BCUT2D eigenvalue weighted by Crippen LogP contribution is 2.30. The molecule has 162 valence electrons. The van der Waals surface area contributed by atoms with Crippen LogP contribution in [0.1, 0.15) is 6.42 Å². The van der Waals surface area contributed by atoms with E-state index < -0.39 is 0 Å². The molecule has 0 spiro atoms. The van der Waals surface area contributed by atoms with Crippen LogP contribution in [0.2, 0.25) is 0 Å². The molecule has 1 aliphatic rings. The van der Waals surface area contributed by atoms with Gasteiger partial charge in [-0.25, -0.2) is 4.98 Å². The van der Waals surface area contributed by atoms with Crippen LogP contribution in [0, 0.1) is 0 Å². The Morgan fingerprint density at radius 2 is 1.84 bits per heavy atom. The second kappa shape index (κ2) is 8.60. The van der Waals surface area contributed by atoms with Crippen molar-refractivity contribution in [2.45, 2.75) is 12.5 Å². The van der Waals surface area contributed by atoms with E-state index in [9.17, 15) is 4.79 Å². The third kappa shape index (κ3) is 4.17. The molecule has 9 heteroatoms. The number of nitrogens with zero attached hydrogens (tertiary/aromatic N) is 3. The molecule has 0 saturated carbocycles. The number of hydrogen-bond acceptors (Lipinski definition) is 7. The van der Waals surface area contributed by atoms with Crippen molar-refractivity contribution in [3.05, 3.63) is 75.6 Å². The molecule has 2 aromatic carbocycles. The molecular weight excluding hydrogens is 472 g/mol. The zero-order chi connectivity index (χ0) is 22.1. The van der Waals surface area contributed by atoms with E-state index in [1.807, 2.05) is 59.5 Å². The van der Waals surface area contributed by atoms with E-state index in [1.54, 1.807) is 6.20 Å². The lowest BCUT2D eigenvalue weighted by Crippen LogP contribution is -2.28. The Morgan fingerprint density at radius 1 is 1.09 bits per heavy atom. The molecule has 1 fully saturated rings. The summed E-state index contributed by atoms with van der Waals surface area (Å²) in [4.78, 5) is 26.7. The van der Waals surface area contributed by atoms with Crippen LogP contribution in [0.25, 0.3) is 10.9 Å². The lowest BCUT2D eigenvalue weighted by molar-refractivity contribution is 0.483. The third-order valence-corrected chi connectivity index (χ3v) is 5.89. The van der Waals surface area contributed by atoms with Gasteiger partial charge in [-0.3, -0.25) is 4.79 Å². The number of fused-ring (bicyclic) bond motifs is 1. The van der Waals surface area contributed by atoms with Crippen molar-refractivity contribution in [1.29, 1.82) is 0 Å². The van der Waals surface area contributed by atoms with E-state index in [4.69, 9.17) is 10.5 Å². The summed E-state index contributed by atoms with van der Waals surface area (Å²) < 4.78 is 6.54. The second-order valence-electron chi connectivity index (χ2n) is 7.62. The molecule has 1 aliphatic heterocycles. The van der Waals surface area contributed by atoms with Gasteiger partial charge in [0.15, 0.2) is 0 Å². The normalized spacial score (nSPS) is 15.8. The van der Waals surface area contributed by atoms with Gasteiger partial charge in [0.1, 0.15) is 22.7 Å². The summed E-state index contributed by atoms with van der Waals surface area (Å²) in [5, 5.41) is 3.66. The van der Waals surface area contributed by atoms with Crippen LogP contribution < -0.4 is 26.2 Å². The average molecular weight is 493 g/mol. The molecule has 4 aromatic rings. The molecule has 1 unspecified atom stereocenters. The molecule has 3 heterocycles. The molecule has 5 rings (SSSR count). The first kappa shape index (κ1) is 20.5. The Labute approximate surface area is 192 Å². The lowest BCUT2D eigenvalue weighted by Gasteiger charge is -2.18. The van der Waals surface area contributed by atoms with Gasteiger partial charge in [-0.1, -0.05) is 18.2 Å². The Morgan fingerprint density at radius 3 is 2.56 bits per heavy atom. The molecule has 1 atom stereocenters. The number of halogens is 1. The summed E-state index contributed by atoms with van der Waals surface area (Å²) in [5.41, 5.74) is 7.13. The molecule has 0 bridgehead atoms. The van der Waals surface area contributed by atoms with Crippen LogP contribution in [-0.4, -0.2) is 34.1 Å². The zero-order valence-corrected chi connectivity index (χ0v) is 18.7. The van der Waals surface area contributed by atoms with E-state index in [0.29, 0.717) is 39.4 Å². The molecule has 8 nitrogen and oxygen atoms in total. The number of nitrogens with one attached hydrogen (secondary N) is 2. The zero-order valence-electron chi connectivity index (χ0n) is 17.1. The van der Waals surface area contributed by atoms with Crippen molar-refractivity contribution in [3.63, 3.8) is 0 Å². The van der Waals surface area contributed by atoms with Crippen molar-refractivity contribution in [3.8, 4) is 11.5 Å². The maximum Gasteiger partial charge on any atom is 0.261 e. The van der Waals surface area contributed by atoms with E-state index in [2.05, 4.69) is 36.2 Å². The first-order valence-electron chi connectivity index (χ1n) is 10.3. The lowest BCUT2D eigenvalue weighted by atomic mass is 10.2. The Bertz CT molecular complexity index is 1310. The molecule has 1 saturated heterocycles. The monoisotopic (exact) mass is 492 g/mol. The molecular formula is C23H21BrN6O2. The van der Waals surface area contributed by atoms with Crippen molar-refractivity contribution >= 4 is 44.3 Å². The minimum atomic E-state index is -0.264. The number of aromatic amines is 1. The van der Waals surface area contributed by atoms with Crippen molar-refractivity contribution in [2.75, 3.05) is 23.3 Å². The number of aromatic nitrogens is 3. The van der Waals surface area contributed by atoms with Crippen LogP contribution in [0.15, 0.2) is 70.1 Å². The Balaban J connectivity index is 1.49.